The Balaban J connectivity index is 1.86. The topological polar surface area (TPSA) is 57.5 Å². The Morgan fingerprint density at radius 1 is 0.889 bits per heavy atom. The van der Waals surface area contributed by atoms with Gasteiger partial charge in [0.2, 0.25) is 0 Å². The first kappa shape index (κ1) is 21.0. The zero-order valence-electron chi connectivity index (χ0n) is 16.5. The molecular weight excluding hydrogens is 342 g/mol. The maximum atomic E-state index is 12.5. The molecule has 2 aromatic rings. The minimum atomic E-state index is -0.490. The lowest BCUT2D eigenvalue weighted by Crippen LogP contribution is -2.15. The molecule has 1 aromatic heterocycles. The molecule has 27 heavy (non-hydrogen) atoms. The molecule has 1 aromatic carbocycles. The van der Waals surface area contributed by atoms with Gasteiger partial charge in [0.1, 0.15) is 0 Å². The van der Waals surface area contributed by atoms with Gasteiger partial charge in [0.15, 0.2) is 0 Å². The van der Waals surface area contributed by atoms with Gasteiger partial charge in [-0.25, -0.2) is 9.59 Å². The van der Waals surface area contributed by atoms with E-state index in [1.165, 1.54) is 43.1 Å². The highest BCUT2D eigenvalue weighted by molar-refractivity contribution is 6.05. The van der Waals surface area contributed by atoms with Crippen LogP contribution >= 0.6 is 0 Å². The van der Waals surface area contributed by atoms with E-state index < -0.39 is 12.1 Å². The molecule has 0 saturated heterocycles. The van der Waals surface area contributed by atoms with Crippen LogP contribution in [0.4, 0.5) is 4.79 Å². The quantitative estimate of drug-likeness (QED) is 0.361. The van der Waals surface area contributed by atoms with Gasteiger partial charge in [-0.3, -0.25) is 4.57 Å². The van der Waals surface area contributed by atoms with E-state index in [1.54, 1.807) is 31.3 Å². The van der Waals surface area contributed by atoms with E-state index in [0.29, 0.717) is 17.7 Å². The summed E-state index contributed by atoms with van der Waals surface area (Å²) in [7, 11) is 0. The molecule has 0 atom stereocenters. The molecule has 0 amide bonds. The largest absolute Gasteiger partial charge is 0.462 e. The van der Waals surface area contributed by atoms with Crippen molar-refractivity contribution in [2.75, 3.05) is 13.2 Å². The molecule has 0 bridgehead atoms. The highest BCUT2D eigenvalue weighted by Gasteiger charge is 2.18. The van der Waals surface area contributed by atoms with Crippen molar-refractivity contribution < 1.29 is 19.1 Å². The molecule has 0 N–H and O–H groups in total. The van der Waals surface area contributed by atoms with Crippen molar-refractivity contribution in [1.82, 2.24) is 4.57 Å². The van der Waals surface area contributed by atoms with Gasteiger partial charge in [0.25, 0.3) is 0 Å². The van der Waals surface area contributed by atoms with Crippen LogP contribution in [0, 0.1) is 0 Å². The second-order valence-electron chi connectivity index (χ2n) is 6.74. The highest BCUT2D eigenvalue weighted by Crippen LogP contribution is 2.22. The van der Waals surface area contributed by atoms with Crippen LogP contribution in [0.1, 0.15) is 75.6 Å². The van der Waals surface area contributed by atoms with Crippen LogP contribution in [0.5, 0.6) is 0 Å². The molecule has 0 unspecified atom stereocenters. The van der Waals surface area contributed by atoms with E-state index in [1.807, 2.05) is 6.07 Å². The number of hydrogen-bond acceptors (Lipinski definition) is 4. The van der Waals surface area contributed by atoms with Crippen LogP contribution in [0.3, 0.4) is 0 Å². The van der Waals surface area contributed by atoms with Crippen molar-refractivity contribution in [2.45, 2.75) is 65.2 Å². The minimum absolute atomic E-state index is 0.281. The maximum Gasteiger partial charge on any atom is 0.418 e. The lowest BCUT2D eigenvalue weighted by atomic mass is 10.1. The molecule has 0 aliphatic heterocycles. The number of ether oxygens (including phenoxy) is 2. The van der Waals surface area contributed by atoms with Gasteiger partial charge in [0, 0.05) is 11.6 Å². The first-order valence-electron chi connectivity index (χ1n) is 10.1. The second kappa shape index (κ2) is 11.4. The first-order chi connectivity index (χ1) is 13.2. The van der Waals surface area contributed by atoms with Crippen molar-refractivity contribution in [3.63, 3.8) is 0 Å². The molecule has 148 valence electrons. The molecule has 5 heteroatoms. The summed E-state index contributed by atoms with van der Waals surface area (Å²) in [6.07, 6.45) is 10.7. The third-order valence-corrected chi connectivity index (χ3v) is 4.63. The summed E-state index contributed by atoms with van der Waals surface area (Å²) in [5.41, 5.74) is 0.932. The predicted octanol–water partition coefficient (Wildman–Crippen LogP) is 5.94. The number of rotatable bonds is 11. The van der Waals surface area contributed by atoms with E-state index >= 15 is 0 Å². The standard InChI is InChI=1S/C22H31NO4/c1-3-5-6-7-8-9-10-11-17-27-21(24)19-14-12-13-18-15-16-23(20(18)19)22(25)26-4-2/h12-16H,3-11,17H2,1-2H3. The van der Waals surface area contributed by atoms with Crippen molar-refractivity contribution >= 4 is 23.0 Å². The number of para-hydroxylation sites is 1. The molecule has 0 aliphatic carbocycles. The molecule has 5 nitrogen and oxygen atoms in total. The van der Waals surface area contributed by atoms with Crippen LogP contribution < -0.4 is 0 Å². The first-order valence-corrected chi connectivity index (χ1v) is 10.1. The van der Waals surface area contributed by atoms with Gasteiger partial charge in [-0.2, -0.15) is 0 Å². The summed E-state index contributed by atoms with van der Waals surface area (Å²) in [5.74, 6) is -0.396. The van der Waals surface area contributed by atoms with Gasteiger partial charge >= 0.3 is 12.1 Å². The fraction of sp³-hybridized carbons (Fsp3) is 0.545. The van der Waals surface area contributed by atoms with E-state index in [4.69, 9.17) is 9.47 Å². The molecular formula is C22H31NO4. The Hall–Kier alpha value is -2.30. The maximum absolute atomic E-state index is 12.5. The molecule has 0 aliphatic rings. The SMILES string of the molecule is CCCCCCCCCCOC(=O)c1cccc2ccn(C(=O)OCC)c12. The van der Waals surface area contributed by atoms with Crippen molar-refractivity contribution in [2.24, 2.45) is 0 Å². The molecule has 0 spiro atoms. The summed E-state index contributed by atoms with van der Waals surface area (Å²) in [5, 5.41) is 0.810. The van der Waals surface area contributed by atoms with E-state index in [9.17, 15) is 9.59 Å². The molecule has 2 rings (SSSR count). The summed E-state index contributed by atoms with van der Waals surface area (Å²) in [6, 6.07) is 7.14. The number of hydrogen-bond donors (Lipinski definition) is 0. The van der Waals surface area contributed by atoms with Crippen LogP contribution in [0.15, 0.2) is 30.5 Å². The predicted molar refractivity (Wildman–Crippen MR) is 107 cm³/mol. The fourth-order valence-electron chi connectivity index (χ4n) is 3.18. The van der Waals surface area contributed by atoms with Gasteiger partial charge in [0.05, 0.1) is 24.3 Å². The number of benzene rings is 1. The third kappa shape index (κ3) is 6.12. The van der Waals surface area contributed by atoms with Crippen molar-refractivity contribution in [3.05, 3.63) is 36.0 Å². The van der Waals surface area contributed by atoms with E-state index in [2.05, 4.69) is 6.92 Å². The van der Waals surface area contributed by atoms with Crippen molar-refractivity contribution in [3.8, 4) is 0 Å². The van der Waals surface area contributed by atoms with E-state index in [0.717, 1.165) is 18.2 Å². The Bertz CT molecular complexity index is 735. The zero-order valence-corrected chi connectivity index (χ0v) is 16.5. The smallest absolute Gasteiger partial charge is 0.418 e. The van der Waals surface area contributed by atoms with Gasteiger partial charge in [-0.15, -0.1) is 0 Å². The van der Waals surface area contributed by atoms with Crippen LogP contribution in [-0.4, -0.2) is 29.8 Å². The summed E-state index contributed by atoms with van der Waals surface area (Å²) < 4.78 is 11.9. The number of unbranched alkanes of at least 4 members (excludes halogenated alkanes) is 7. The van der Waals surface area contributed by atoms with Crippen LogP contribution in [-0.2, 0) is 9.47 Å². The van der Waals surface area contributed by atoms with Crippen LogP contribution in [0.2, 0.25) is 0 Å². The second-order valence-corrected chi connectivity index (χ2v) is 6.74. The monoisotopic (exact) mass is 373 g/mol. The van der Waals surface area contributed by atoms with Gasteiger partial charge in [-0.05, 0) is 25.5 Å². The normalized spacial score (nSPS) is 10.9. The number of carbonyl (C=O) groups is 2. The number of fused-ring (bicyclic) bond motifs is 1. The number of carbonyl (C=O) groups excluding carboxylic acids is 2. The number of esters is 1. The summed E-state index contributed by atoms with van der Waals surface area (Å²) in [6.45, 7) is 4.66. The Morgan fingerprint density at radius 3 is 2.30 bits per heavy atom. The molecule has 1 heterocycles. The zero-order chi connectivity index (χ0) is 19.5. The fourth-order valence-corrected chi connectivity index (χ4v) is 3.18. The lowest BCUT2D eigenvalue weighted by Gasteiger charge is -2.09. The Labute approximate surface area is 161 Å². The summed E-state index contributed by atoms with van der Waals surface area (Å²) >= 11 is 0. The minimum Gasteiger partial charge on any atom is -0.462 e. The average Bonchev–Trinajstić information content (AvgIpc) is 3.11. The molecule has 0 saturated carbocycles. The average molecular weight is 373 g/mol. The molecule has 0 radical (unpaired) electrons. The highest BCUT2D eigenvalue weighted by atomic mass is 16.5. The van der Waals surface area contributed by atoms with Gasteiger partial charge in [-0.1, -0.05) is 64.0 Å². The van der Waals surface area contributed by atoms with E-state index in [-0.39, 0.29) is 6.61 Å². The Morgan fingerprint density at radius 2 is 1.59 bits per heavy atom. The molecule has 0 fully saturated rings. The van der Waals surface area contributed by atoms with Crippen molar-refractivity contribution in [1.29, 1.82) is 0 Å². The Kier molecular flexibility index (Phi) is 8.89. The summed E-state index contributed by atoms with van der Waals surface area (Å²) in [4.78, 5) is 24.6. The number of nitrogens with zero attached hydrogens (tertiary/aromatic N) is 1. The lowest BCUT2D eigenvalue weighted by molar-refractivity contribution is 0.0499. The third-order valence-electron chi connectivity index (χ3n) is 4.63. The number of aromatic nitrogens is 1. The van der Waals surface area contributed by atoms with Gasteiger partial charge < -0.3 is 9.47 Å². The van der Waals surface area contributed by atoms with Crippen LogP contribution in [0.25, 0.3) is 10.9 Å².